The maximum absolute atomic E-state index is 10.2. The van der Waals surface area contributed by atoms with Crippen molar-refractivity contribution in [1.29, 1.82) is 0 Å². The van der Waals surface area contributed by atoms with E-state index in [1.54, 1.807) is 0 Å². The molecule has 0 bridgehead atoms. The normalized spacial score (nSPS) is 56.4. The van der Waals surface area contributed by atoms with Gasteiger partial charge in [-0.15, -0.1) is 0 Å². The van der Waals surface area contributed by atoms with Crippen molar-refractivity contribution in [3.05, 3.63) is 0 Å². The van der Waals surface area contributed by atoms with Crippen LogP contribution in [0.1, 0.15) is 0 Å². The maximum atomic E-state index is 10.2. The molecule has 10 heteroatoms. The third kappa shape index (κ3) is 1.89. The van der Waals surface area contributed by atoms with Gasteiger partial charge in [0.2, 0.25) is 0 Å². The molecule has 0 saturated carbocycles. The van der Waals surface area contributed by atoms with Crippen molar-refractivity contribution < 1.29 is 50.3 Å². The molecule has 2 heterocycles. The van der Waals surface area contributed by atoms with E-state index >= 15 is 0 Å². The minimum Gasteiger partial charge on any atom is -0.394 e. The first-order valence-corrected chi connectivity index (χ1v) is 5.97. The number of hydrogen-bond donors (Lipinski definition) is 8. The zero-order chi connectivity index (χ0) is 15.3. The molecule has 8 atom stereocenters. The molecule has 10 nitrogen and oxygen atoms in total. The zero-order valence-corrected chi connectivity index (χ0v) is 10.3. The molecular weight excluding hydrogens is 280 g/mol. The van der Waals surface area contributed by atoms with Crippen LogP contribution in [0, 0.1) is 0 Å². The summed E-state index contributed by atoms with van der Waals surface area (Å²) < 4.78 is 9.63. The van der Waals surface area contributed by atoms with E-state index in [4.69, 9.17) is 19.7 Å². The molecule has 118 valence electrons. The Kier molecular flexibility index (Phi) is 4.08. The van der Waals surface area contributed by atoms with Crippen LogP contribution in [0.2, 0.25) is 0 Å². The molecule has 2 saturated heterocycles. The van der Waals surface area contributed by atoms with Gasteiger partial charge in [-0.2, -0.15) is 0 Å². The predicted octanol–water partition coefficient (Wildman–Crippen LogP) is -5.41. The van der Waals surface area contributed by atoms with E-state index in [1.807, 2.05) is 0 Å². The summed E-state index contributed by atoms with van der Waals surface area (Å²) >= 11 is 0. The second-order valence-electron chi connectivity index (χ2n) is 4.94. The van der Waals surface area contributed by atoms with Gasteiger partial charge in [0.1, 0.15) is 36.6 Å². The molecule has 0 amide bonds. The van der Waals surface area contributed by atoms with Gasteiger partial charge in [0.25, 0.3) is 11.6 Å². The van der Waals surface area contributed by atoms with Crippen LogP contribution in [0.15, 0.2) is 0 Å². The largest absolute Gasteiger partial charge is 0.394 e. The lowest BCUT2D eigenvalue weighted by atomic mass is 9.80. The summed E-state index contributed by atoms with van der Waals surface area (Å²) in [7, 11) is 0. The van der Waals surface area contributed by atoms with E-state index in [1.165, 1.54) is 0 Å². The third-order valence-corrected chi connectivity index (χ3v) is 3.75. The number of fused-ring (bicyclic) bond motifs is 1. The molecule has 8 N–H and O–H groups in total. The van der Waals surface area contributed by atoms with E-state index in [9.17, 15) is 30.6 Å². The summed E-state index contributed by atoms with van der Waals surface area (Å²) in [6, 6.07) is 0. The van der Waals surface area contributed by atoms with Gasteiger partial charge in [-0.3, -0.25) is 0 Å². The number of aliphatic hydroxyl groups is 8. The van der Waals surface area contributed by atoms with Crippen molar-refractivity contribution >= 4 is 0 Å². The highest BCUT2D eigenvalue weighted by Crippen LogP contribution is 2.45. The SMILES string of the molecule is OC[C@@H]1O[C@@]2(O)[C@H](O)[C@@H](O)[C@@H](CO)O[C@]2(O)[C@@H](O)[C@@H]1O. The van der Waals surface area contributed by atoms with Gasteiger partial charge in [-0.1, -0.05) is 0 Å². The zero-order valence-electron chi connectivity index (χ0n) is 10.3. The third-order valence-electron chi connectivity index (χ3n) is 3.75. The lowest BCUT2D eigenvalue weighted by Gasteiger charge is -2.58. The van der Waals surface area contributed by atoms with Gasteiger partial charge < -0.3 is 50.3 Å². The molecule has 2 aliphatic heterocycles. The molecule has 0 aromatic carbocycles. The first-order valence-electron chi connectivity index (χ1n) is 5.97. The molecule has 0 aromatic heterocycles. The molecule has 0 radical (unpaired) electrons. The van der Waals surface area contributed by atoms with Crippen molar-refractivity contribution in [1.82, 2.24) is 0 Å². The fraction of sp³-hybridized carbons (Fsp3) is 1.00. The fourth-order valence-electron chi connectivity index (χ4n) is 2.49. The lowest BCUT2D eigenvalue weighted by Crippen LogP contribution is -2.83. The first kappa shape index (κ1) is 16.0. The molecule has 20 heavy (non-hydrogen) atoms. The van der Waals surface area contributed by atoms with Crippen LogP contribution in [0.4, 0.5) is 0 Å². The number of rotatable bonds is 2. The van der Waals surface area contributed by atoms with Crippen LogP contribution in [-0.2, 0) is 9.47 Å². The van der Waals surface area contributed by atoms with Gasteiger partial charge in [0.15, 0.2) is 0 Å². The summed E-state index contributed by atoms with van der Waals surface area (Å²) in [5, 5.41) is 77.5. The minimum atomic E-state index is -3.00. The Balaban J connectivity index is 2.43. The van der Waals surface area contributed by atoms with Crippen LogP contribution < -0.4 is 0 Å². The summed E-state index contributed by atoms with van der Waals surface area (Å²) in [5.74, 6) is -5.99. The highest BCUT2D eigenvalue weighted by molar-refractivity contribution is 5.10. The van der Waals surface area contributed by atoms with Crippen molar-refractivity contribution in [2.45, 2.75) is 48.2 Å². The van der Waals surface area contributed by atoms with E-state index in [0.717, 1.165) is 0 Å². The average Bonchev–Trinajstić information content (AvgIpc) is 2.44. The van der Waals surface area contributed by atoms with Gasteiger partial charge in [-0.25, -0.2) is 0 Å². The number of ether oxygens (including phenoxy) is 2. The van der Waals surface area contributed by atoms with Crippen LogP contribution in [0.5, 0.6) is 0 Å². The molecule has 0 spiro atoms. The smallest absolute Gasteiger partial charge is 0.254 e. The highest BCUT2D eigenvalue weighted by Gasteiger charge is 2.72. The Morgan fingerprint density at radius 2 is 1.00 bits per heavy atom. The Morgan fingerprint density at radius 1 is 0.700 bits per heavy atom. The quantitative estimate of drug-likeness (QED) is 0.245. The van der Waals surface area contributed by atoms with E-state index in [0.29, 0.717) is 0 Å². The average molecular weight is 298 g/mol. The Bertz CT molecular complexity index is 332. The standard InChI is InChI=1S/C10H18O10/c11-1-3-5(13)7(15)10(18)9(17,19-3)8(16)6(14)4(2-12)20-10/h3-8,11-18H,1-2H2/t3-,4+,5+,6-,7-,8+,9-,10+. The number of hydrogen-bond acceptors (Lipinski definition) is 10. The van der Waals surface area contributed by atoms with Gasteiger partial charge in [0, 0.05) is 0 Å². The van der Waals surface area contributed by atoms with Gasteiger partial charge in [0.05, 0.1) is 13.2 Å². The van der Waals surface area contributed by atoms with Crippen molar-refractivity contribution in [2.75, 3.05) is 13.2 Å². The molecule has 2 rings (SSSR count). The molecule has 0 unspecified atom stereocenters. The predicted molar refractivity (Wildman–Crippen MR) is 57.8 cm³/mol. The Hall–Kier alpha value is -0.400. The van der Waals surface area contributed by atoms with E-state index in [2.05, 4.69) is 0 Å². The Morgan fingerprint density at radius 3 is 1.25 bits per heavy atom. The summed E-state index contributed by atoms with van der Waals surface area (Å²) in [6.07, 6.45) is -11.0. The van der Waals surface area contributed by atoms with Gasteiger partial charge in [-0.05, 0) is 0 Å². The molecule has 0 aliphatic carbocycles. The lowest BCUT2D eigenvalue weighted by molar-refractivity contribution is -0.509. The van der Waals surface area contributed by atoms with Crippen molar-refractivity contribution in [3.8, 4) is 0 Å². The van der Waals surface area contributed by atoms with Crippen LogP contribution >= 0.6 is 0 Å². The van der Waals surface area contributed by atoms with Crippen LogP contribution in [0.3, 0.4) is 0 Å². The maximum Gasteiger partial charge on any atom is 0.254 e. The van der Waals surface area contributed by atoms with Crippen LogP contribution in [-0.4, -0.2) is 102 Å². The highest BCUT2D eigenvalue weighted by atomic mass is 16.8. The summed E-state index contributed by atoms with van der Waals surface area (Å²) in [6.45, 7) is -1.66. The van der Waals surface area contributed by atoms with E-state index < -0.39 is 61.4 Å². The summed E-state index contributed by atoms with van der Waals surface area (Å²) in [4.78, 5) is 0. The second-order valence-corrected chi connectivity index (χ2v) is 4.94. The molecular formula is C10H18O10. The van der Waals surface area contributed by atoms with Gasteiger partial charge >= 0.3 is 0 Å². The molecule has 2 aliphatic rings. The summed E-state index contributed by atoms with van der Waals surface area (Å²) in [5.41, 5.74) is 0. The van der Waals surface area contributed by atoms with Crippen molar-refractivity contribution in [3.63, 3.8) is 0 Å². The second kappa shape index (κ2) is 5.10. The van der Waals surface area contributed by atoms with Crippen molar-refractivity contribution in [2.24, 2.45) is 0 Å². The monoisotopic (exact) mass is 298 g/mol. The molecule has 0 aromatic rings. The first-order chi connectivity index (χ1) is 9.22. The fourth-order valence-corrected chi connectivity index (χ4v) is 2.49. The Labute approximate surface area is 113 Å². The molecule has 2 fully saturated rings. The number of aliphatic hydroxyl groups excluding tert-OH is 6. The van der Waals surface area contributed by atoms with E-state index in [-0.39, 0.29) is 0 Å². The van der Waals surface area contributed by atoms with Crippen LogP contribution in [0.25, 0.3) is 0 Å². The minimum absolute atomic E-state index is 0.830. The topological polar surface area (TPSA) is 180 Å².